The van der Waals surface area contributed by atoms with Crippen LogP contribution in [0, 0.1) is 5.82 Å². The molecule has 1 fully saturated rings. The normalized spacial score (nSPS) is 14.1. The molecule has 9 heteroatoms. The highest BCUT2D eigenvalue weighted by atomic mass is 19.1. The average Bonchev–Trinajstić information content (AvgIpc) is 2.74. The van der Waals surface area contributed by atoms with Crippen LogP contribution in [0.3, 0.4) is 0 Å². The van der Waals surface area contributed by atoms with Crippen molar-refractivity contribution in [1.29, 1.82) is 0 Å². The number of carboxylic acid groups (broad SMARTS) is 2. The number of piperazine rings is 1. The molecule has 2 aromatic carbocycles. The minimum Gasteiger partial charge on any atom is -0.478 e. The molecule has 0 aliphatic carbocycles. The zero-order valence-corrected chi connectivity index (χ0v) is 15.8. The zero-order valence-electron chi connectivity index (χ0n) is 15.8. The van der Waals surface area contributed by atoms with E-state index in [4.69, 9.17) is 5.11 Å². The van der Waals surface area contributed by atoms with Crippen molar-refractivity contribution in [1.82, 2.24) is 9.88 Å². The van der Waals surface area contributed by atoms with Crippen molar-refractivity contribution in [2.24, 2.45) is 0 Å². The third-order valence-electron chi connectivity index (χ3n) is 5.15. The maximum atomic E-state index is 14.9. The van der Waals surface area contributed by atoms with E-state index in [0.29, 0.717) is 43.1 Å². The van der Waals surface area contributed by atoms with Crippen molar-refractivity contribution in [3.8, 4) is 5.69 Å². The Labute approximate surface area is 169 Å². The maximum absolute atomic E-state index is 14.9. The summed E-state index contributed by atoms with van der Waals surface area (Å²) in [6.45, 7) is 2.57. The Bertz CT molecular complexity index is 1210. The predicted molar refractivity (Wildman–Crippen MR) is 109 cm³/mol. The fourth-order valence-electron chi connectivity index (χ4n) is 3.61. The summed E-state index contributed by atoms with van der Waals surface area (Å²) in [7, 11) is 0. The third kappa shape index (κ3) is 3.39. The Hall–Kier alpha value is -3.72. The molecule has 2 heterocycles. The van der Waals surface area contributed by atoms with Gasteiger partial charge in [0.05, 0.1) is 16.8 Å². The van der Waals surface area contributed by atoms with E-state index in [0.717, 1.165) is 6.07 Å². The van der Waals surface area contributed by atoms with E-state index >= 15 is 0 Å². The lowest BCUT2D eigenvalue weighted by Gasteiger charge is -2.30. The third-order valence-corrected chi connectivity index (χ3v) is 5.15. The van der Waals surface area contributed by atoms with Crippen LogP contribution in [0.1, 0.15) is 20.7 Å². The van der Waals surface area contributed by atoms with Gasteiger partial charge in [0.2, 0.25) is 5.43 Å². The first-order valence-corrected chi connectivity index (χ1v) is 9.28. The molecule has 1 aliphatic heterocycles. The molecule has 0 bridgehead atoms. The van der Waals surface area contributed by atoms with Crippen LogP contribution in [-0.2, 0) is 0 Å². The van der Waals surface area contributed by atoms with Crippen molar-refractivity contribution in [3.63, 3.8) is 0 Å². The average molecular weight is 411 g/mol. The fraction of sp³-hybridized carbons (Fsp3) is 0.190. The van der Waals surface area contributed by atoms with Gasteiger partial charge in [-0.05, 0) is 36.4 Å². The second kappa shape index (κ2) is 7.60. The van der Waals surface area contributed by atoms with Crippen molar-refractivity contribution in [2.75, 3.05) is 31.1 Å². The lowest BCUT2D eigenvalue weighted by atomic mass is 10.1. The Morgan fingerprint density at radius 1 is 1.00 bits per heavy atom. The van der Waals surface area contributed by atoms with Crippen molar-refractivity contribution >= 4 is 28.5 Å². The number of fused-ring (bicyclic) bond motifs is 1. The maximum Gasteiger partial charge on any atom is 0.341 e. The van der Waals surface area contributed by atoms with Gasteiger partial charge in [0.25, 0.3) is 0 Å². The van der Waals surface area contributed by atoms with Gasteiger partial charge in [-0.15, -0.1) is 0 Å². The van der Waals surface area contributed by atoms with Gasteiger partial charge in [0.15, 0.2) is 0 Å². The number of benzene rings is 2. The first-order chi connectivity index (χ1) is 14.4. The minimum atomic E-state index is -1.43. The highest BCUT2D eigenvalue weighted by Gasteiger charge is 2.21. The number of pyridine rings is 1. The lowest BCUT2D eigenvalue weighted by molar-refractivity contribution is 0.0685. The number of aromatic carboxylic acids is 2. The van der Waals surface area contributed by atoms with Gasteiger partial charge in [-0.25, -0.2) is 14.0 Å². The number of carbonyl (C=O) groups is 2. The standard InChI is InChI=1S/C21H18FN3O5/c22-16-9-14-17(10-18(16)24-7-5-23-6-8-24)25(11-15(19(14)26)21(29)30)13-3-1-12(2-4-13)20(27)28/h1-4,9-11,23H,5-8H2,(H,27,28)(H,29,30). The smallest absolute Gasteiger partial charge is 0.341 e. The van der Waals surface area contributed by atoms with Gasteiger partial charge in [-0.3, -0.25) is 4.79 Å². The molecule has 3 aromatic rings. The Morgan fingerprint density at radius 3 is 2.27 bits per heavy atom. The van der Waals surface area contributed by atoms with Crippen molar-refractivity contribution in [2.45, 2.75) is 0 Å². The highest BCUT2D eigenvalue weighted by molar-refractivity contribution is 5.94. The molecule has 0 spiro atoms. The van der Waals surface area contributed by atoms with Crippen LogP contribution in [0.5, 0.6) is 0 Å². The molecule has 1 saturated heterocycles. The van der Waals surface area contributed by atoms with Gasteiger partial charge in [0.1, 0.15) is 11.4 Å². The molecule has 154 valence electrons. The van der Waals surface area contributed by atoms with E-state index in [1.54, 1.807) is 0 Å². The molecule has 1 aliphatic rings. The number of aromatic nitrogens is 1. The quantitative estimate of drug-likeness (QED) is 0.602. The van der Waals surface area contributed by atoms with Crippen LogP contribution in [0.15, 0.2) is 47.4 Å². The van der Waals surface area contributed by atoms with Crippen LogP contribution < -0.4 is 15.6 Å². The summed E-state index contributed by atoms with van der Waals surface area (Å²) in [6, 6.07) is 8.38. The van der Waals surface area contributed by atoms with E-state index in [1.807, 2.05) is 4.90 Å². The largest absolute Gasteiger partial charge is 0.478 e. The molecule has 4 rings (SSSR count). The highest BCUT2D eigenvalue weighted by Crippen LogP contribution is 2.27. The lowest BCUT2D eigenvalue weighted by Crippen LogP contribution is -2.43. The number of hydrogen-bond donors (Lipinski definition) is 3. The predicted octanol–water partition coefficient (Wildman–Crippen LogP) is 1.94. The van der Waals surface area contributed by atoms with Crippen LogP contribution in [-0.4, -0.2) is 52.9 Å². The van der Waals surface area contributed by atoms with Crippen LogP contribution in [0.2, 0.25) is 0 Å². The van der Waals surface area contributed by atoms with E-state index in [1.165, 1.54) is 41.1 Å². The van der Waals surface area contributed by atoms with Crippen molar-refractivity contribution < 1.29 is 24.2 Å². The first-order valence-electron chi connectivity index (χ1n) is 9.28. The van der Waals surface area contributed by atoms with E-state index in [9.17, 15) is 23.9 Å². The number of nitrogens with zero attached hydrogens (tertiary/aromatic N) is 2. The molecular formula is C21H18FN3O5. The number of halogens is 1. The van der Waals surface area contributed by atoms with Gasteiger partial charge in [0, 0.05) is 43.4 Å². The Morgan fingerprint density at radius 2 is 1.67 bits per heavy atom. The Balaban J connectivity index is 1.98. The molecule has 30 heavy (non-hydrogen) atoms. The SMILES string of the molecule is O=C(O)c1ccc(-n2cc(C(=O)O)c(=O)c3cc(F)c(N4CCNCC4)cc32)cc1. The number of hydrogen-bond acceptors (Lipinski definition) is 5. The summed E-state index contributed by atoms with van der Waals surface area (Å²) in [5.41, 5.74) is -0.105. The second-order valence-corrected chi connectivity index (χ2v) is 6.96. The zero-order chi connectivity index (χ0) is 21.4. The van der Waals surface area contributed by atoms with Gasteiger partial charge in [-0.1, -0.05) is 0 Å². The molecule has 0 amide bonds. The molecule has 3 N–H and O–H groups in total. The van der Waals surface area contributed by atoms with Crippen molar-refractivity contribution in [3.05, 3.63) is 69.8 Å². The van der Waals surface area contributed by atoms with E-state index in [2.05, 4.69) is 5.32 Å². The molecule has 0 unspecified atom stereocenters. The van der Waals surface area contributed by atoms with Crippen LogP contribution in [0.4, 0.5) is 10.1 Å². The van der Waals surface area contributed by atoms with Crippen LogP contribution in [0.25, 0.3) is 16.6 Å². The van der Waals surface area contributed by atoms with Gasteiger partial charge >= 0.3 is 11.9 Å². The van der Waals surface area contributed by atoms with Crippen LogP contribution >= 0.6 is 0 Å². The molecule has 1 aromatic heterocycles. The number of rotatable bonds is 4. The fourth-order valence-corrected chi connectivity index (χ4v) is 3.61. The number of anilines is 1. The summed E-state index contributed by atoms with van der Waals surface area (Å²) < 4.78 is 16.3. The number of nitrogens with one attached hydrogen (secondary N) is 1. The van der Waals surface area contributed by atoms with E-state index < -0.39 is 28.7 Å². The molecule has 0 atom stereocenters. The summed E-state index contributed by atoms with van der Waals surface area (Å²) in [5, 5.41) is 21.7. The summed E-state index contributed by atoms with van der Waals surface area (Å²) in [4.78, 5) is 37.3. The first kappa shape index (κ1) is 19.6. The second-order valence-electron chi connectivity index (χ2n) is 6.96. The van der Waals surface area contributed by atoms with Gasteiger partial charge < -0.3 is 25.0 Å². The molecule has 0 radical (unpaired) electrons. The topological polar surface area (TPSA) is 112 Å². The summed E-state index contributed by atoms with van der Waals surface area (Å²) in [6.07, 6.45) is 1.18. The monoisotopic (exact) mass is 411 g/mol. The number of carboxylic acids is 2. The summed E-state index contributed by atoms with van der Waals surface area (Å²) >= 11 is 0. The molecule has 0 saturated carbocycles. The Kier molecular flexibility index (Phi) is 4.96. The van der Waals surface area contributed by atoms with Gasteiger partial charge in [-0.2, -0.15) is 0 Å². The summed E-state index contributed by atoms with van der Waals surface area (Å²) in [5.74, 6) is -3.12. The molecule has 8 nitrogen and oxygen atoms in total. The van der Waals surface area contributed by atoms with E-state index in [-0.39, 0.29) is 10.9 Å². The molecular weight excluding hydrogens is 393 g/mol. The minimum absolute atomic E-state index is 0.0615.